The normalized spacial score (nSPS) is 11.0. The number of benzene rings is 2. The summed E-state index contributed by atoms with van der Waals surface area (Å²) in [6.45, 7) is 5.01. The Hall–Kier alpha value is -3.17. The molecule has 33 heavy (non-hydrogen) atoms. The van der Waals surface area contributed by atoms with Crippen molar-refractivity contribution in [2.75, 3.05) is 17.7 Å². The number of carbonyl (C=O) groups excluding carboxylic acids is 1. The maximum absolute atomic E-state index is 12.7. The van der Waals surface area contributed by atoms with Crippen LogP contribution in [-0.2, 0) is 11.3 Å². The van der Waals surface area contributed by atoms with Crippen LogP contribution in [0.25, 0.3) is 22.2 Å². The van der Waals surface area contributed by atoms with Crippen LogP contribution in [0.1, 0.15) is 20.3 Å². The second kappa shape index (κ2) is 10.6. The largest absolute Gasteiger partial charge is 0.494 e. The molecule has 0 saturated heterocycles. The van der Waals surface area contributed by atoms with Gasteiger partial charge in [-0.3, -0.25) is 14.2 Å². The number of fused-ring (bicyclic) bond motifs is 1. The summed E-state index contributed by atoms with van der Waals surface area (Å²) in [4.78, 5) is 34.3. The number of hydrogen-bond donors (Lipinski definition) is 1. The third-order valence-corrected chi connectivity index (χ3v) is 6.65. The Labute approximate surface area is 199 Å². The Balaban J connectivity index is 1.35. The maximum Gasteiger partial charge on any atom is 0.262 e. The van der Waals surface area contributed by atoms with Gasteiger partial charge in [0.05, 0.1) is 23.2 Å². The predicted octanol–water partition coefficient (Wildman–Crippen LogP) is 5.06. The van der Waals surface area contributed by atoms with Gasteiger partial charge in [0.15, 0.2) is 10.3 Å². The van der Waals surface area contributed by atoms with Crippen LogP contribution in [0.2, 0.25) is 0 Å². The average molecular weight is 481 g/mol. The molecule has 0 spiro atoms. The van der Waals surface area contributed by atoms with Crippen molar-refractivity contribution in [3.8, 4) is 17.0 Å². The van der Waals surface area contributed by atoms with E-state index in [-0.39, 0.29) is 17.9 Å². The highest BCUT2D eigenvalue weighted by molar-refractivity contribution is 7.99. The third kappa shape index (κ3) is 5.43. The van der Waals surface area contributed by atoms with E-state index in [4.69, 9.17) is 4.74 Å². The summed E-state index contributed by atoms with van der Waals surface area (Å²) >= 11 is 2.80. The molecule has 170 valence electrons. The lowest BCUT2D eigenvalue weighted by atomic mass is 10.2. The summed E-state index contributed by atoms with van der Waals surface area (Å²) in [7, 11) is 0. The molecule has 0 aliphatic rings. The SMILES string of the molecule is CCOc1ccc(-c2csc(NC(=O)CCSc3nc4ccccc4c(=O)n3CC)n2)cc1. The summed E-state index contributed by atoms with van der Waals surface area (Å²) in [5.74, 6) is 1.20. The van der Waals surface area contributed by atoms with Crippen LogP contribution in [0.5, 0.6) is 5.75 Å². The number of carbonyl (C=O) groups is 1. The fourth-order valence-corrected chi connectivity index (χ4v) is 5.04. The molecule has 0 saturated carbocycles. The first-order valence-electron chi connectivity index (χ1n) is 10.7. The fourth-order valence-electron chi connectivity index (χ4n) is 3.31. The van der Waals surface area contributed by atoms with Crippen molar-refractivity contribution in [3.05, 3.63) is 64.3 Å². The van der Waals surface area contributed by atoms with Crippen LogP contribution in [0.4, 0.5) is 5.13 Å². The van der Waals surface area contributed by atoms with E-state index in [2.05, 4.69) is 15.3 Å². The van der Waals surface area contributed by atoms with Crippen LogP contribution < -0.4 is 15.6 Å². The van der Waals surface area contributed by atoms with Gasteiger partial charge in [-0.05, 0) is 50.2 Å². The molecule has 7 nitrogen and oxygen atoms in total. The van der Waals surface area contributed by atoms with Crippen molar-refractivity contribution in [1.29, 1.82) is 0 Å². The lowest BCUT2D eigenvalue weighted by Gasteiger charge is -2.10. The summed E-state index contributed by atoms with van der Waals surface area (Å²) in [6.07, 6.45) is 0.287. The number of para-hydroxylation sites is 1. The molecule has 0 bridgehead atoms. The molecule has 0 aliphatic heterocycles. The average Bonchev–Trinajstić information content (AvgIpc) is 3.28. The Morgan fingerprint density at radius 3 is 2.67 bits per heavy atom. The topological polar surface area (TPSA) is 86.1 Å². The molecule has 0 aliphatic carbocycles. The van der Waals surface area contributed by atoms with Crippen molar-refractivity contribution in [1.82, 2.24) is 14.5 Å². The number of rotatable bonds is 9. The molecule has 1 amide bonds. The molecule has 0 fully saturated rings. The molecule has 2 heterocycles. The standard InChI is InChI=1S/C24H24N4O3S2/c1-3-28-22(30)18-7-5-6-8-19(18)26-24(28)32-14-13-21(29)27-23-25-20(15-33-23)16-9-11-17(12-10-16)31-4-2/h5-12,15H,3-4,13-14H2,1-2H3,(H,25,27,29). The van der Waals surface area contributed by atoms with Gasteiger partial charge in [0.1, 0.15) is 5.75 Å². The van der Waals surface area contributed by atoms with Gasteiger partial charge >= 0.3 is 0 Å². The van der Waals surface area contributed by atoms with Gasteiger partial charge in [-0.15, -0.1) is 11.3 Å². The van der Waals surface area contributed by atoms with Crippen molar-refractivity contribution in [3.63, 3.8) is 0 Å². The number of ether oxygens (including phenoxy) is 1. The van der Waals surface area contributed by atoms with Crippen molar-refractivity contribution in [2.45, 2.75) is 32.0 Å². The van der Waals surface area contributed by atoms with Crippen molar-refractivity contribution < 1.29 is 9.53 Å². The van der Waals surface area contributed by atoms with Gasteiger partial charge < -0.3 is 10.1 Å². The number of thioether (sulfide) groups is 1. The van der Waals surface area contributed by atoms with Gasteiger partial charge in [0, 0.05) is 29.7 Å². The van der Waals surface area contributed by atoms with Crippen molar-refractivity contribution >= 4 is 45.0 Å². The quantitative estimate of drug-likeness (QED) is 0.266. The summed E-state index contributed by atoms with van der Waals surface area (Å²) in [5.41, 5.74) is 2.38. The van der Waals surface area contributed by atoms with E-state index in [1.807, 2.05) is 61.7 Å². The van der Waals surface area contributed by atoms with E-state index < -0.39 is 0 Å². The van der Waals surface area contributed by atoms with Crippen LogP contribution >= 0.6 is 23.1 Å². The molecule has 2 aromatic heterocycles. The molecule has 2 aromatic carbocycles. The van der Waals surface area contributed by atoms with E-state index in [0.29, 0.717) is 40.1 Å². The van der Waals surface area contributed by atoms with E-state index in [9.17, 15) is 9.59 Å². The molecule has 4 aromatic rings. The smallest absolute Gasteiger partial charge is 0.262 e. The number of aromatic nitrogens is 3. The Kier molecular flexibility index (Phi) is 7.41. The molecular weight excluding hydrogens is 456 g/mol. The zero-order valence-corrected chi connectivity index (χ0v) is 20.0. The van der Waals surface area contributed by atoms with Crippen molar-refractivity contribution in [2.24, 2.45) is 0 Å². The third-order valence-electron chi connectivity index (χ3n) is 4.91. The molecule has 9 heteroatoms. The first-order chi connectivity index (χ1) is 16.1. The Morgan fingerprint density at radius 2 is 1.91 bits per heavy atom. The van der Waals surface area contributed by atoms with Gasteiger partial charge in [-0.2, -0.15) is 0 Å². The summed E-state index contributed by atoms with van der Waals surface area (Å²) < 4.78 is 7.11. The minimum Gasteiger partial charge on any atom is -0.494 e. The molecule has 0 atom stereocenters. The first-order valence-corrected chi connectivity index (χ1v) is 12.6. The van der Waals surface area contributed by atoms with Crippen LogP contribution in [0.15, 0.2) is 63.9 Å². The molecule has 0 unspecified atom stereocenters. The monoisotopic (exact) mass is 480 g/mol. The minimum absolute atomic E-state index is 0.0559. The predicted molar refractivity (Wildman–Crippen MR) is 134 cm³/mol. The lowest BCUT2D eigenvalue weighted by Crippen LogP contribution is -2.22. The number of nitrogens with zero attached hydrogens (tertiary/aromatic N) is 3. The van der Waals surface area contributed by atoms with Gasteiger partial charge in [0.2, 0.25) is 5.91 Å². The van der Waals surface area contributed by atoms with Gasteiger partial charge in [0.25, 0.3) is 5.56 Å². The molecule has 4 rings (SSSR count). The fraction of sp³-hybridized carbons (Fsp3) is 0.250. The van der Waals surface area contributed by atoms with Gasteiger partial charge in [-0.25, -0.2) is 9.97 Å². The molecule has 1 N–H and O–H groups in total. The molecular formula is C24H24N4O3S2. The second-order valence-corrected chi connectivity index (χ2v) is 9.02. The zero-order chi connectivity index (χ0) is 23.2. The summed E-state index contributed by atoms with van der Waals surface area (Å²) in [6, 6.07) is 15.0. The first kappa shape index (κ1) is 23.0. The van der Waals surface area contributed by atoms with Crippen LogP contribution in [0.3, 0.4) is 0 Å². The lowest BCUT2D eigenvalue weighted by molar-refractivity contribution is -0.115. The number of hydrogen-bond acceptors (Lipinski definition) is 7. The van der Waals surface area contributed by atoms with Crippen LogP contribution in [0, 0.1) is 0 Å². The summed E-state index contributed by atoms with van der Waals surface area (Å²) in [5, 5.41) is 6.57. The highest BCUT2D eigenvalue weighted by atomic mass is 32.2. The number of nitrogens with one attached hydrogen (secondary N) is 1. The van der Waals surface area contributed by atoms with Crippen LogP contribution in [-0.4, -0.2) is 32.8 Å². The Bertz CT molecular complexity index is 1320. The minimum atomic E-state index is -0.124. The number of amides is 1. The van der Waals surface area contributed by atoms with E-state index >= 15 is 0 Å². The maximum atomic E-state index is 12.7. The van der Waals surface area contributed by atoms with E-state index in [1.54, 1.807) is 10.6 Å². The zero-order valence-electron chi connectivity index (χ0n) is 18.4. The number of anilines is 1. The van der Waals surface area contributed by atoms with E-state index in [0.717, 1.165) is 17.0 Å². The van der Waals surface area contributed by atoms with Gasteiger partial charge in [-0.1, -0.05) is 23.9 Å². The highest BCUT2D eigenvalue weighted by Gasteiger charge is 2.12. The second-order valence-electron chi connectivity index (χ2n) is 7.10. The Morgan fingerprint density at radius 1 is 1.12 bits per heavy atom. The highest BCUT2D eigenvalue weighted by Crippen LogP contribution is 2.27. The van der Waals surface area contributed by atoms with E-state index in [1.165, 1.54) is 23.1 Å². The molecule has 0 radical (unpaired) electrons. The number of thiazole rings is 1.